The highest BCUT2D eigenvalue weighted by atomic mass is 35.5. The van der Waals surface area contributed by atoms with Crippen molar-refractivity contribution < 1.29 is 17.9 Å². The van der Waals surface area contributed by atoms with Crippen LogP contribution in [0.2, 0.25) is 5.02 Å². The van der Waals surface area contributed by atoms with Crippen molar-refractivity contribution in [3.05, 3.63) is 70.8 Å². The number of hydrogen-bond donors (Lipinski definition) is 0. The van der Waals surface area contributed by atoms with Gasteiger partial charge in [-0.05, 0) is 47.9 Å². The van der Waals surface area contributed by atoms with E-state index in [0.717, 1.165) is 11.1 Å². The first-order chi connectivity index (χ1) is 13.4. The first-order valence-corrected chi connectivity index (χ1v) is 11.1. The Morgan fingerprint density at radius 2 is 2.00 bits per heavy atom. The van der Waals surface area contributed by atoms with Crippen LogP contribution in [-0.4, -0.2) is 43.9 Å². The fourth-order valence-corrected chi connectivity index (χ4v) is 5.07. The summed E-state index contributed by atoms with van der Waals surface area (Å²) in [6.07, 6.45) is 3.64. The monoisotopic (exact) mass is 419 g/mol. The first-order valence-electron chi connectivity index (χ1n) is 8.94. The highest BCUT2D eigenvalue weighted by Crippen LogP contribution is 2.22. The van der Waals surface area contributed by atoms with Crippen LogP contribution < -0.4 is 4.74 Å². The summed E-state index contributed by atoms with van der Waals surface area (Å²) in [7, 11) is -1.52. The number of sulfone groups is 1. The third kappa shape index (κ3) is 5.36. The lowest BCUT2D eigenvalue weighted by molar-refractivity contribution is -0.128. The number of nitrogens with zero attached hydrogens (tertiary/aromatic N) is 1. The summed E-state index contributed by atoms with van der Waals surface area (Å²) >= 11 is 5.89. The lowest BCUT2D eigenvalue weighted by Gasteiger charge is -2.27. The molecular weight excluding hydrogens is 398 g/mol. The molecule has 148 valence electrons. The molecule has 0 bridgehead atoms. The summed E-state index contributed by atoms with van der Waals surface area (Å²) in [6.45, 7) is 0.321. The predicted octanol–water partition coefficient (Wildman–Crippen LogP) is 3.58. The maximum atomic E-state index is 12.9. The molecule has 0 saturated carbocycles. The second kappa shape index (κ2) is 8.80. The topological polar surface area (TPSA) is 63.7 Å². The zero-order chi connectivity index (χ0) is 20.1. The maximum absolute atomic E-state index is 12.9. The number of ether oxygens (including phenoxy) is 1. The van der Waals surface area contributed by atoms with Crippen LogP contribution in [0.15, 0.2) is 54.6 Å². The van der Waals surface area contributed by atoms with Gasteiger partial charge in [0.1, 0.15) is 5.75 Å². The van der Waals surface area contributed by atoms with Gasteiger partial charge in [-0.25, -0.2) is 8.42 Å². The number of amides is 1. The molecule has 1 aliphatic heterocycles. The minimum absolute atomic E-state index is 0.00249. The minimum Gasteiger partial charge on any atom is -0.497 e. The molecule has 5 nitrogen and oxygen atoms in total. The van der Waals surface area contributed by atoms with Crippen LogP contribution in [0.4, 0.5) is 0 Å². The Balaban J connectivity index is 1.82. The first kappa shape index (κ1) is 20.4. The van der Waals surface area contributed by atoms with Gasteiger partial charge in [-0.2, -0.15) is 0 Å². The van der Waals surface area contributed by atoms with E-state index in [9.17, 15) is 13.2 Å². The van der Waals surface area contributed by atoms with Gasteiger partial charge in [0, 0.05) is 23.7 Å². The number of benzene rings is 2. The van der Waals surface area contributed by atoms with Crippen LogP contribution in [0.3, 0.4) is 0 Å². The fourth-order valence-electron chi connectivity index (χ4n) is 3.21. The van der Waals surface area contributed by atoms with Gasteiger partial charge in [0.25, 0.3) is 0 Å². The van der Waals surface area contributed by atoms with E-state index in [1.54, 1.807) is 30.2 Å². The Morgan fingerprint density at radius 3 is 2.64 bits per heavy atom. The summed E-state index contributed by atoms with van der Waals surface area (Å²) in [5.74, 6) is 0.582. The molecule has 3 rings (SSSR count). The van der Waals surface area contributed by atoms with E-state index in [2.05, 4.69) is 0 Å². The van der Waals surface area contributed by atoms with Crippen molar-refractivity contribution in [2.75, 3.05) is 18.6 Å². The third-order valence-corrected chi connectivity index (χ3v) is 6.71. The number of hydrogen-bond acceptors (Lipinski definition) is 4. The fraction of sp³-hybridized carbons (Fsp3) is 0.286. The lowest BCUT2D eigenvalue weighted by Crippen LogP contribution is -2.39. The molecule has 28 heavy (non-hydrogen) atoms. The molecule has 1 fully saturated rings. The lowest BCUT2D eigenvalue weighted by atomic mass is 10.1. The second-order valence-corrected chi connectivity index (χ2v) is 9.42. The summed E-state index contributed by atoms with van der Waals surface area (Å²) in [5.41, 5.74) is 1.73. The zero-order valence-electron chi connectivity index (χ0n) is 15.5. The van der Waals surface area contributed by atoms with Crippen molar-refractivity contribution in [1.82, 2.24) is 4.90 Å². The van der Waals surface area contributed by atoms with Gasteiger partial charge < -0.3 is 9.64 Å². The van der Waals surface area contributed by atoms with Crippen LogP contribution in [0, 0.1) is 0 Å². The van der Waals surface area contributed by atoms with Crippen LogP contribution in [0.25, 0.3) is 6.08 Å². The van der Waals surface area contributed by atoms with Crippen molar-refractivity contribution in [3.63, 3.8) is 0 Å². The molecule has 0 N–H and O–H groups in total. The van der Waals surface area contributed by atoms with Gasteiger partial charge in [0.2, 0.25) is 5.91 Å². The van der Waals surface area contributed by atoms with Crippen LogP contribution in [0.5, 0.6) is 5.75 Å². The van der Waals surface area contributed by atoms with E-state index in [1.165, 1.54) is 6.08 Å². The highest BCUT2D eigenvalue weighted by Gasteiger charge is 2.34. The van der Waals surface area contributed by atoms with E-state index in [4.69, 9.17) is 16.3 Å². The van der Waals surface area contributed by atoms with Gasteiger partial charge in [-0.15, -0.1) is 0 Å². The summed E-state index contributed by atoms with van der Waals surface area (Å²) in [4.78, 5) is 14.6. The van der Waals surface area contributed by atoms with Gasteiger partial charge in [0.05, 0.1) is 18.6 Å². The normalized spacial score (nSPS) is 18.3. The Kier molecular flexibility index (Phi) is 6.42. The standard InChI is InChI=1S/C21H22ClNO4S/c1-27-20-4-2-3-17(13-20)14-23(19-11-12-28(25,26)15-19)21(24)10-7-16-5-8-18(22)9-6-16/h2-10,13,19H,11-12,14-15H2,1H3/b10-7+/t19-/m0/s1. The van der Waals surface area contributed by atoms with Crippen molar-refractivity contribution in [3.8, 4) is 5.75 Å². The maximum Gasteiger partial charge on any atom is 0.247 e. The van der Waals surface area contributed by atoms with Crippen molar-refractivity contribution >= 4 is 33.4 Å². The van der Waals surface area contributed by atoms with Crippen LogP contribution in [0.1, 0.15) is 17.5 Å². The Morgan fingerprint density at radius 1 is 1.25 bits per heavy atom. The Labute approximate surface area is 170 Å². The van der Waals surface area contributed by atoms with Crippen molar-refractivity contribution in [2.24, 2.45) is 0 Å². The molecule has 1 heterocycles. The predicted molar refractivity (Wildman–Crippen MR) is 111 cm³/mol. The molecule has 0 aliphatic carbocycles. The molecule has 0 aromatic heterocycles. The number of halogens is 1. The molecule has 0 unspecified atom stereocenters. The molecule has 2 aromatic carbocycles. The molecule has 7 heteroatoms. The van der Waals surface area contributed by atoms with E-state index in [0.29, 0.717) is 23.7 Å². The summed E-state index contributed by atoms with van der Waals surface area (Å²) < 4.78 is 29.1. The number of carbonyl (C=O) groups excluding carboxylic acids is 1. The van der Waals surface area contributed by atoms with Crippen LogP contribution >= 0.6 is 11.6 Å². The summed E-state index contributed by atoms with van der Waals surface area (Å²) in [5, 5.41) is 0.624. The van der Waals surface area contributed by atoms with Crippen molar-refractivity contribution in [1.29, 1.82) is 0 Å². The highest BCUT2D eigenvalue weighted by molar-refractivity contribution is 7.91. The summed E-state index contributed by atoms with van der Waals surface area (Å²) in [6, 6.07) is 14.2. The zero-order valence-corrected chi connectivity index (χ0v) is 17.1. The molecule has 1 aliphatic rings. The third-order valence-electron chi connectivity index (χ3n) is 4.71. The SMILES string of the molecule is COc1cccc(CN(C(=O)/C=C/c2ccc(Cl)cc2)[C@H]2CCS(=O)(=O)C2)c1. The molecule has 1 saturated heterocycles. The molecule has 1 amide bonds. The smallest absolute Gasteiger partial charge is 0.247 e. The van der Waals surface area contributed by atoms with E-state index in [-0.39, 0.29) is 23.5 Å². The molecular formula is C21H22ClNO4S. The van der Waals surface area contributed by atoms with Gasteiger partial charge in [-0.1, -0.05) is 35.9 Å². The molecule has 0 radical (unpaired) electrons. The van der Waals surface area contributed by atoms with Gasteiger partial charge in [0.15, 0.2) is 9.84 Å². The Bertz CT molecular complexity index is 970. The number of carbonyl (C=O) groups is 1. The van der Waals surface area contributed by atoms with Crippen LogP contribution in [-0.2, 0) is 21.2 Å². The molecule has 2 aromatic rings. The average molecular weight is 420 g/mol. The Hall–Kier alpha value is -2.31. The van der Waals surface area contributed by atoms with Gasteiger partial charge in [-0.3, -0.25) is 4.79 Å². The molecule has 0 spiro atoms. The van der Waals surface area contributed by atoms with Gasteiger partial charge >= 0.3 is 0 Å². The van der Waals surface area contributed by atoms with E-state index in [1.807, 2.05) is 36.4 Å². The number of rotatable bonds is 6. The quantitative estimate of drug-likeness (QED) is 0.671. The van der Waals surface area contributed by atoms with E-state index >= 15 is 0 Å². The van der Waals surface area contributed by atoms with Crippen molar-refractivity contribution in [2.45, 2.75) is 19.0 Å². The van der Waals surface area contributed by atoms with E-state index < -0.39 is 9.84 Å². The minimum atomic E-state index is -3.11. The molecule has 1 atom stereocenters. The number of methoxy groups -OCH3 is 1. The second-order valence-electron chi connectivity index (χ2n) is 6.76. The average Bonchev–Trinajstić information content (AvgIpc) is 3.05. The largest absolute Gasteiger partial charge is 0.497 e.